The fraction of sp³-hybridized carbons (Fsp3) is 0.667. The van der Waals surface area contributed by atoms with Crippen LogP contribution in [0.3, 0.4) is 0 Å². The second-order valence-electron chi connectivity index (χ2n) is 4.04. The Morgan fingerprint density at radius 2 is 2.00 bits per heavy atom. The monoisotopic (exact) mass is 176 g/mol. The minimum Gasteiger partial charge on any atom is -0.121 e. The quantitative estimate of drug-likeness (QED) is 0.408. The van der Waals surface area contributed by atoms with E-state index in [4.69, 9.17) is 7.85 Å². The van der Waals surface area contributed by atoms with Gasteiger partial charge in [0.25, 0.3) is 0 Å². The molecule has 0 nitrogen and oxygen atoms in total. The molecule has 0 aromatic heterocycles. The molecule has 0 heterocycles. The number of unbranched alkanes of at least 4 members (excludes halogenated alkanes) is 1. The molecule has 0 saturated carbocycles. The highest BCUT2D eigenvalue weighted by molar-refractivity contribution is 6.21. The maximum absolute atomic E-state index is 5.51. The summed E-state index contributed by atoms with van der Waals surface area (Å²) in [5.74, 6) is 0.742. The van der Waals surface area contributed by atoms with Crippen molar-refractivity contribution in [2.75, 3.05) is 0 Å². The van der Waals surface area contributed by atoms with Gasteiger partial charge in [-0.05, 0) is 18.8 Å². The standard InChI is InChI=1S/C12H21B/c1-5-6-7-10(2)8-11(3)9-12(4)13/h10H,3-9H2,1-2H3. The molecule has 0 aromatic rings. The maximum Gasteiger partial charge on any atom is 0.107 e. The van der Waals surface area contributed by atoms with Crippen molar-refractivity contribution in [1.29, 1.82) is 0 Å². The van der Waals surface area contributed by atoms with E-state index >= 15 is 0 Å². The van der Waals surface area contributed by atoms with E-state index in [2.05, 4.69) is 27.0 Å². The summed E-state index contributed by atoms with van der Waals surface area (Å²) >= 11 is 0. The van der Waals surface area contributed by atoms with E-state index in [-0.39, 0.29) is 0 Å². The SMILES string of the molecule is [B]C(=C)CC(=C)CC(C)CCCC. The Balaban J connectivity index is 3.59. The minimum atomic E-state index is 0.729. The molecule has 0 spiro atoms. The van der Waals surface area contributed by atoms with E-state index in [9.17, 15) is 0 Å². The normalized spacial score (nSPS) is 12.5. The summed E-state index contributed by atoms with van der Waals surface area (Å²) in [7, 11) is 5.51. The molecule has 0 rings (SSSR count). The number of hydrogen-bond acceptors (Lipinski definition) is 0. The van der Waals surface area contributed by atoms with E-state index in [0.29, 0.717) is 0 Å². The van der Waals surface area contributed by atoms with Gasteiger partial charge in [-0.1, -0.05) is 45.3 Å². The van der Waals surface area contributed by atoms with Crippen LogP contribution in [0.4, 0.5) is 0 Å². The molecule has 1 unspecified atom stereocenters. The number of allylic oxidation sites excluding steroid dienone is 2. The molecule has 0 fully saturated rings. The summed E-state index contributed by atoms with van der Waals surface area (Å²) in [4.78, 5) is 0. The average Bonchev–Trinajstić information content (AvgIpc) is 1.98. The molecule has 0 aliphatic heterocycles. The predicted molar refractivity (Wildman–Crippen MR) is 62.0 cm³/mol. The zero-order valence-electron chi connectivity index (χ0n) is 9.10. The van der Waals surface area contributed by atoms with Crippen molar-refractivity contribution < 1.29 is 0 Å². The Labute approximate surface area is 84.5 Å². The molecule has 0 bridgehead atoms. The van der Waals surface area contributed by atoms with Gasteiger partial charge in [0.1, 0.15) is 7.85 Å². The highest BCUT2D eigenvalue weighted by Gasteiger charge is 2.03. The van der Waals surface area contributed by atoms with Gasteiger partial charge < -0.3 is 0 Å². The van der Waals surface area contributed by atoms with Gasteiger partial charge in [0, 0.05) is 0 Å². The summed E-state index contributed by atoms with van der Waals surface area (Å²) in [5, 5.41) is 0. The van der Waals surface area contributed by atoms with Gasteiger partial charge in [-0.25, -0.2) is 0 Å². The topological polar surface area (TPSA) is 0 Å². The Morgan fingerprint density at radius 3 is 2.46 bits per heavy atom. The predicted octanol–water partition coefficient (Wildman–Crippen LogP) is 3.83. The van der Waals surface area contributed by atoms with Crippen molar-refractivity contribution in [3.8, 4) is 0 Å². The zero-order valence-corrected chi connectivity index (χ0v) is 9.10. The van der Waals surface area contributed by atoms with Crippen LogP contribution in [0, 0.1) is 5.92 Å². The molecule has 0 saturated heterocycles. The van der Waals surface area contributed by atoms with E-state index in [1.807, 2.05) is 0 Å². The molecule has 1 atom stereocenters. The minimum absolute atomic E-state index is 0.729. The van der Waals surface area contributed by atoms with Crippen LogP contribution >= 0.6 is 0 Å². The Kier molecular flexibility index (Phi) is 6.75. The smallest absolute Gasteiger partial charge is 0.107 e. The van der Waals surface area contributed by atoms with Gasteiger partial charge in [0.05, 0.1) is 0 Å². The lowest BCUT2D eigenvalue weighted by atomic mass is 9.87. The summed E-state index contributed by atoms with van der Waals surface area (Å²) in [6.07, 6.45) is 5.78. The lowest BCUT2D eigenvalue weighted by molar-refractivity contribution is 0.499. The van der Waals surface area contributed by atoms with Crippen molar-refractivity contribution in [2.24, 2.45) is 5.92 Å². The third-order valence-electron chi connectivity index (χ3n) is 2.16. The highest BCUT2D eigenvalue weighted by atomic mass is 14.1. The highest BCUT2D eigenvalue weighted by Crippen LogP contribution is 2.19. The second kappa shape index (κ2) is 7.00. The molecule has 1 heteroatoms. The summed E-state index contributed by atoms with van der Waals surface area (Å²) in [5.41, 5.74) is 1.95. The molecule has 0 aromatic carbocycles. The fourth-order valence-electron chi connectivity index (χ4n) is 1.54. The summed E-state index contributed by atoms with van der Waals surface area (Å²) in [6, 6.07) is 0. The van der Waals surface area contributed by atoms with E-state index in [1.54, 1.807) is 0 Å². The van der Waals surface area contributed by atoms with Gasteiger partial charge in [0.15, 0.2) is 0 Å². The Hall–Kier alpha value is -0.455. The molecule has 72 valence electrons. The molecule has 0 N–H and O–H groups in total. The number of rotatable bonds is 7. The first-order chi connectivity index (χ1) is 6.06. The molecule has 0 amide bonds. The first kappa shape index (κ1) is 12.5. The number of hydrogen-bond donors (Lipinski definition) is 0. The van der Waals surface area contributed by atoms with Gasteiger partial charge in [-0.2, -0.15) is 0 Å². The summed E-state index contributed by atoms with van der Waals surface area (Å²) in [6.45, 7) is 12.2. The third-order valence-corrected chi connectivity index (χ3v) is 2.16. The van der Waals surface area contributed by atoms with Crippen LogP contribution in [0.5, 0.6) is 0 Å². The molecule has 0 aliphatic carbocycles. The lowest BCUT2D eigenvalue weighted by Gasteiger charge is -2.12. The van der Waals surface area contributed by atoms with Crippen LogP contribution in [-0.4, -0.2) is 7.85 Å². The largest absolute Gasteiger partial charge is 0.121 e. The van der Waals surface area contributed by atoms with Crippen LogP contribution in [0.15, 0.2) is 24.2 Å². The van der Waals surface area contributed by atoms with Gasteiger partial charge in [0.2, 0.25) is 0 Å². The lowest BCUT2D eigenvalue weighted by Crippen LogP contribution is -1.97. The molecule has 2 radical (unpaired) electrons. The first-order valence-corrected chi connectivity index (χ1v) is 5.16. The van der Waals surface area contributed by atoms with E-state index in [1.165, 1.54) is 24.8 Å². The average molecular weight is 176 g/mol. The van der Waals surface area contributed by atoms with Crippen molar-refractivity contribution in [3.63, 3.8) is 0 Å². The van der Waals surface area contributed by atoms with Crippen LogP contribution in [-0.2, 0) is 0 Å². The Morgan fingerprint density at radius 1 is 1.38 bits per heavy atom. The first-order valence-electron chi connectivity index (χ1n) is 5.16. The van der Waals surface area contributed by atoms with Crippen molar-refractivity contribution >= 4 is 7.85 Å². The maximum atomic E-state index is 5.51. The third kappa shape index (κ3) is 7.89. The van der Waals surface area contributed by atoms with Crippen molar-refractivity contribution in [1.82, 2.24) is 0 Å². The van der Waals surface area contributed by atoms with Crippen molar-refractivity contribution in [3.05, 3.63) is 24.2 Å². The van der Waals surface area contributed by atoms with Crippen LogP contribution < -0.4 is 0 Å². The zero-order chi connectivity index (χ0) is 10.3. The van der Waals surface area contributed by atoms with Crippen LogP contribution in [0.25, 0.3) is 0 Å². The second-order valence-corrected chi connectivity index (χ2v) is 4.04. The van der Waals surface area contributed by atoms with Gasteiger partial charge >= 0.3 is 0 Å². The fourth-order valence-corrected chi connectivity index (χ4v) is 1.54. The van der Waals surface area contributed by atoms with Crippen LogP contribution in [0.2, 0.25) is 0 Å². The van der Waals surface area contributed by atoms with E-state index in [0.717, 1.165) is 24.2 Å². The van der Waals surface area contributed by atoms with Gasteiger partial charge in [-0.3, -0.25) is 0 Å². The summed E-state index contributed by atoms with van der Waals surface area (Å²) < 4.78 is 0. The Bertz CT molecular complexity index is 170. The molecular formula is C12H21B. The van der Waals surface area contributed by atoms with Gasteiger partial charge in [-0.15, -0.1) is 12.1 Å². The van der Waals surface area contributed by atoms with E-state index < -0.39 is 0 Å². The molecular weight excluding hydrogens is 155 g/mol. The molecule has 0 aliphatic rings. The van der Waals surface area contributed by atoms with Crippen LogP contribution in [0.1, 0.15) is 46.0 Å². The molecule has 13 heavy (non-hydrogen) atoms. The van der Waals surface area contributed by atoms with Crippen molar-refractivity contribution in [2.45, 2.75) is 46.0 Å².